The molecule has 2 rings (SSSR count). The number of carboxylic acid groups (broad SMARTS) is 1. The number of likely N-dealkylation sites (N-methyl/N-ethyl adjacent to an activating group) is 1. The highest BCUT2D eigenvalue weighted by Crippen LogP contribution is 2.20. The van der Waals surface area contributed by atoms with E-state index in [0.717, 1.165) is 6.54 Å². The zero-order valence-electron chi connectivity index (χ0n) is 13.1. The minimum Gasteiger partial charge on any atom is -0.480 e. The van der Waals surface area contributed by atoms with E-state index in [1.165, 1.54) is 24.1 Å². The summed E-state index contributed by atoms with van der Waals surface area (Å²) in [5.41, 5.74) is 8.04. The van der Waals surface area contributed by atoms with Gasteiger partial charge in [-0.25, -0.2) is 0 Å². The summed E-state index contributed by atoms with van der Waals surface area (Å²) in [7, 11) is 2.16. The molecule has 0 unspecified atom stereocenters. The Morgan fingerprint density at radius 2 is 1.90 bits per heavy atom. The Morgan fingerprint density at radius 1 is 1.29 bits per heavy atom. The number of nitrogens with zero attached hydrogens (tertiary/aromatic N) is 1. The van der Waals surface area contributed by atoms with Gasteiger partial charge in [-0.05, 0) is 30.5 Å². The Balaban J connectivity index is 0.000000240. The van der Waals surface area contributed by atoms with E-state index in [9.17, 15) is 4.79 Å². The zero-order valence-corrected chi connectivity index (χ0v) is 13.1. The first-order chi connectivity index (χ1) is 9.91. The molecule has 0 aliphatic carbocycles. The van der Waals surface area contributed by atoms with Gasteiger partial charge in [0.05, 0.1) is 0 Å². The van der Waals surface area contributed by atoms with E-state index in [1.54, 1.807) is 13.8 Å². The molecule has 1 atom stereocenters. The summed E-state index contributed by atoms with van der Waals surface area (Å²) in [5, 5.41) is 8.23. The largest absolute Gasteiger partial charge is 0.480 e. The van der Waals surface area contributed by atoms with Crippen molar-refractivity contribution in [2.45, 2.75) is 26.3 Å². The highest BCUT2D eigenvalue weighted by molar-refractivity contribution is 5.73. The van der Waals surface area contributed by atoms with Crippen molar-refractivity contribution in [2.75, 3.05) is 20.1 Å². The van der Waals surface area contributed by atoms with Crippen molar-refractivity contribution in [1.29, 1.82) is 0 Å². The molecule has 1 aliphatic heterocycles. The van der Waals surface area contributed by atoms with Crippen LogP contribution in [0.15, 0.2) is 36.4 Å². The number of hydrogen-bond donors (Lipinski definition) is 2. The molecule has 3 N–H and O–H groups in total. The third kappa shape index (κ3) is 6.10. The summed E-state index contributed by atoms with van der Waals surface area (Å²) >= 11 is 0. The van der Waals surface area contributed by atoms with Crippen LogP contribution in [0.2, 0.25) is 0 Å². The summed E-state index contributed by atoms with van der Waals surface area (Å²) in [6.45, 7) is 5.82. The fourth-order valence-corrected chi connectivity index (χ4v) is 1.97. The SMILES string of the molecule is CC(C)[C@H](N)C(=O)O.CN1CC=C(c2ccccc2)CC1. The van der Waals surface area contributed by atoms with E-state index in [1.807, 2.05) is 0 Å². The lowest BCUT2D eigenvalue weighted by Crippen LogP contribution is -2.34. The van der Waals surface area contributed by atoms with Crippen molar-refractivity contribution in [1.82, 2.24) is 4.90 Å². The molecular weight excluding hydrogens is 264 g/mol. The Labute approximate surface area is 127 Å². The van der Waals surface area contributed by atoms with Gasteiger partial charge in [-0.2, -0.15) is 0 Å². The quantitative estimate of drug-likeness (QED) is 0.897. The van der Waals surface area contributed by atoms with Crippen LogP contribution in [0.25, 0.3) is 5.57 Å². The standard InChI is InChI=1S/C12H15N.C5H11NO2/c1-13-9-7-12(8-10-13)11-5-3-2-4-6-11;1-3(2)4(6)5(7)8/h2-7H,8-10H2,1H3;3-4H,6H2,1-2H3,(H,7,8)/t;4-/m.0/s1. The molecule has 1 aromatic carbocycles. The lowest BCUT2D eigenvalue weighted by Gasteiger charge is -2.21. The molecular formula is C17H26N2O2. The van der Waals surface area contributed by atoms with Gasteiger partial charge in [-0.15, -0.1) is 0 Å². The van der Waals surface area contributed by atoms with Crippen LogP contribution in [0.4, 0.5) is 0 Å². The number of aliphatic carboxylic acids is 1. The Bertz CT molecular complexity index is 469. The third-order valence-corrected chi connectivity index (χ3v) is 3.56. The van der Waals surface area contributed by atoms with Gasteiger partial charge >= 0.3 is 5.97 Å². The summed E-state index contributed by atoms with van der Waals surface area (Å²) < 4.78 is 0. The van der Waals surface area contributed by atoms with Gasteiger partial charge in [0.2, 0.25) is 0 Å². The monoisotopic (exact) mass is 290 g/mol. The van der Waals surface area contributed by atoms with Crippen molar-refractivity contribution < 1.29 is 9.90 Å². The lowest BCUT2D eigenvalue weighted by atomic mass is 10.00. The van der Waals surface area contributed by atoms with Gasteiger partial charge in [0.1, 0.15) is 6.04 Å². The van der Waals surface area contributed by atoms with Crippen LogP contribution in [0.1, 0.15) is 25.8 Å². The van der Waals surface area contributed by atoms with Crippen LogP contribution in [0.3, 0.4) is 0 Å². The molecule has 0 spiro atoms. The first-order valence-electron chi connectivity index (χ1n) is 7.33. The van der Waals surface area contributed by atoms with Crippen molar-refractivity contribution in [2.24, 2.45) is 11.7 Å². The molecule has 21 heavy (non-hydrogen) atoms. The molecule has 0 saturated carbocycles. The van der Waals surface area contributed by atoms with Crippen molar-refractivity contribution in [3.05, 3.63) is 42.0 Å². The smallest absolute Gasteiger partial charge is 0.320 e. The molecule has 0 radical (unpaired) electrons. The predicted molar refractivity (Wildman–Crippen MR) is 87.0 cm³/mol. The van der Waals surface area contributed by atoms with Crippen LogP contribution in [0, 0.1) is 5.92 Å². The van der Waals surface area contributed by atoms with E-state index >= 15 is 0 Å². The molecule has 1 aromatic rings. The molecule has 0 fully saturated rings. The number of nitrogens with two attached hydrogens (primary N) is 1. The zero-order chi connectivity index (χ0) is 15.8. The van der Waals surface area contributed by atoms with E-state index in [2.05, 4.69) is 48.4 Å². The van der Waals surface area contributed by atoms with Crippen molar-refractivity contribution >= 4 is 11.5 Å². The average Bonchev–Trinajstić information content (AvgIpc) is 2.48. The number of hydrogen-bond acceptors (Lipinski definition) is 3. The van der Waals surface area contributed by atoms with E-state index < -0.39 is 12.0 Å². The predicted octanol–water partition coefficient (Wildman–Crippen LogP) is 2.46. The van der Waals surface area contributed by atoms with Crippen LogP contribution >= 0.6 is 0 Å². The number of benzene rings is 1. The fraction of sp³-hybridized carbons (Fsp3) is 0.471. The molecule has 1 aliphatic rings. The summed E-state index contributed by atoms with van der Waals surface area (Å²) in [6, 6.07) is 9.95. The third-order valence-electron chi connectivity index (χ3n) is 3.56. The van der Waals surface area contributed by atoms with Gasteiger partial charge in [-0.3, -0.25) is 4.79 Å². The minimum absolute atomic E-state index is 0.0208. The van der Waals surface area contributed by atoms with E-state index in [-0.39, 0.29) is 5.92 Å². The average molecular weight is 290 g/mol. The van der Waals surface area contributed by atoms with Gasteiger partial charge in [-0.1, -0.05) is 50.3 Å². The first-order valence-corrected chi connectivity index (χ1v) is 7.33. The highest BCUT2D eigenvalue weighted by atomic mass is 16.4. The van der Waals surface area contributed by atoms with Crippen LogP contribution in [-0.2, 0) is 4.79 Å². The lowest BCUT2D eigenvalue weighted by molar-refractivity contribution is -0.139. The van der Waals surface area contributed by atoms with Crippen LogP contribution < -0.4 is 5.73 Å². The van der Waals surface area contributed by atoms with Gasteiger partial charge in [0.25, 0.3) is 0 Å². The molecule has 1 heterocycles. The molecule has 4 heteroatoms. The first kappa shape index (κ1) is 17.4. The van der Waals surface area contributed by atoms with Gasteiger partial charge < -0.3 is 15.7 Å². The number of carboxylic acids is 1. The van der Waals surface area contributed by atoms with Crippen LogP contribution in [-0.4, -0.2) is 42.2 Å². The second-order valence-electron chi connectivity index (χ2n) is 5.72. The van der Waals surface area contributed by atoms with E-state index in [4.69, 9.17) is 10.8 Å². The molecule has 0 amide bonds. The molecule has 0 aromatic heterocycles. The highest BCUT2D eigenvalue weighted by Gasteiger charge is 2.14. The summed E-state index contributed by atoms with van der Waals surface area (Å²) in [6.07, 6.45) is 3.51. The normalized spacial score (nSPS) is 16.7. The van der Waals surface area contributed by atoms with Gasteiger partial charge in [0.15, 0.2) is 0 Å². The second kappa shape index (κ2) is 8.60. The Hall–Kier alpha value is -1.65. The number of carbonyl (C=O) groups is 1. The minimum atomic E-state index is -0.931. The second-order valence-corrected chi connectivity index (χ2v) is 5.72. The maximum absolute atomic E-state index is 10.0. The van der Waals surface area contributed by atoms with Crippen molar-refractivity contribution in [3.63, 3.8) is 0 Å². The molecule has 116 valence electrons. The Kier molecular flexibility index (Phi) is 7.12. The topological polar surface area (TPSA) is 66.6 Å². The van der Waals surface area contributed by atoms with Gasteiger partial charge in [0, 0.05) is 13.1 Å². The molecule has 0 saturated heterocycles. The van der Waals surface area contributed by atoms with E-state index in [0.29, 0.717) is 0 Å². The Morgan fingerprint density at radius 3 is 2.29 bits per heavy atom. The maximum atomic E-state index is 10.0. The van der Waals surface area contributed by atoms with Crippen molar-refractivity contribution in [3.8, 4) is 0 Å². The fourth-order valence-electron chi connectivity index (χ4n) is 1.97. The maximum Gasteiger partial charge on any atom is 0.320 e. The molecule has 0 bridgehead atoms. The molecule has 4 nitrogen and oxygen atoms in total. The summed E-state index contributed by atoms with van der Waals surface area (Å²) in [4.78, 5) is 12.4. The van der Waals surface area contributed by atoms with Crippen LogP contribution in [0.5, 0.6) is 0 Å². The number of rotatable bonds is 3. The summed E-state index contributed by atoms with van der Waals surface area (Å²) in [5.74, 6) is -0.910.